The molecule has 0 atom stereocenters. The van der Waals surface area contributed by atoms with Gasteiger partial charge in [0, 0.05) is 30.5 Å². The zero-order valence-electron chi connectivity index (χ0n) is 12.3. The van der Waals surface area contributed by atoms with E-state index in [0.717, 1.165) is 12.1 Å². The molecule has 0 fully saturated rings. The van der Waals surface area contributed by atoms with E-state index < -0.39 is 18.1 Å². The lowest BCUT2D eigenvalue weighted by molar-refractivity contribution is -0.170. The average Bonchev–Trinajstić information content (AvgIpc) is 2.55. The quantitative estimate of drug-likeness (QED) is 0.910. The molecule has 5 nitrogen and oxygen atoms in total. The first-order chi connectivity index (χ1) is 11.3. The molecule has 8 heteroatoms. The third-order valence-electron chi connectivity index (χ3n) is 3.23. The molecule has 2 aromatic rings. The van der Waals surface area contributed by atoms with Gasteiger partial charge in [-0.1, -0.05) is 6.07 Å². The van der Waals surface area contributed by atoms with Crippen LogP contribution < -0.4 is 4.90 Å². The number of hydrogen-bond acceptors (Lipinski definition) is 3. The Morgan fingerprint density at radius 2 is 1.75 bits per heavy atom. The molecular formula is C16H13F3N2O3. The highest BCUT2D eigenvalue weighted by atomic mass is 19.4. The van der Waals surface area contributed by atoms with Gasteiger partial charge in [0.1, 0.15) is 0 Å². The number of carboxylic acids is 1. The molecule has 2 rings (SSSR count). The first kappa shape index (κ1) is 17.5. The first-order valence-electron chi connectivity index (χ1n) is 6.91. The van der Waals surface area contributed by atoms with E-state index in [2.05, 4.69) is 4.98 Å². The second-order valence-electron chi connectivity index (χ2n) is 4.88. The number of carboxylic acid groups (broad SMARTS) is 1. The van der Waals surface area contributed by atoms with Crippen molar-refractivity contribution in [2.24, 2.45) is 0 Å². The second kappa shape index (κ2) is 7.12. The fourth-order valence-electron chi connectivity index (χ4n) is 2.06. The minimum atomic E-state index is -5.03. The van der Waals surface area contributed by atoms with E-state index in [0.29, 0.717) is 10.6 Å². The van der Waals surface area contributed by atoms with Gasteiger partial charge in [0.25, 0.3) is 0 Å². The van der Waals surface area contributed by atoms with Crippen LogP contribution in [-0.2, 0) is 11.2 Å². The van der Waals surface area contributed by atoms with Crippen molar-refractivity contribution in [1.29, 1.82) is 0 Å². The summed E-state index contributed by atoms with van der Waals surface area (Å²) in [6.45, 7) is -0.234. The molecule has 0 aliphatic rings. The maximum Gasteiger partial charge on any atom is 0.471 e. The number of rotatable bonds is 5. The summed E-state index contributed by atoms with van der Waals surface area (Å²) >= 11 is 0. The van der Waals surface area contributed by atoms with E-state index in [4.69, 9.17) is 5.11 Å². The van der Waals surface area contributed by atoms with Crippen molar-refractivity contribution >= 4 is 17.6 Å². The maximum atomic E-state index is 12.8. The molecule has 1 N–H and O–H groups in total. The van der Waals surface area contributed by atoms with Crippen LogP contribution in [0.3, 0.4) is 0 Å². The molecule has 0 saturated carbocycles. The summed E-state index contributed by atoms with van der Waals surface area (Å²) in [4.78, 5) is 27.1. The van der Waals surface area contributed by atoms with Crippen molar-refractivity contribution in [3.05, 3.63) is 59.9 Å². The van der Waals surface area contributed by atoms with Gasteiger partial charge in [-0.2, -0.15) is 13.2 Å². The number of pyridine rings is 1. The van der Waals surface area contributed by atoms with Gasteiger partial charge in [-0.25, -0.2) is 4.79 Å². The number of halogens is 3. The summed E-state index contributed by atoms with van der Waals surface area (Å²) in [5.41, 5.74) is 0.431. The SMILES string of the molecule is O=C(O)c1ccc(N(CCc2ccccn2)C(=O)C(F)(F)F)cc1. The number of aromatic nitrogens is 1. The van der Waals surface area contributed by atoms with Crippen LogP contribution in [0.4, 0.5) is 18.9 Å². The van der Waals surface area contributed by atoms with Crippen molar-refractivity contribution in [2.45, 2.75) is 12.6 Å². The van der Waals surface area contributed by atoms with Crippen molar-refractivity contribution in [2.75, 3.05) is 11.4 Å². The minimum Gasteiger partial charge on any atom is -0.478 e. The van der Waals surface area contributed by atoms with Crippen LogP contribution in [-0.4, -0.2) is 34.7 Å². The molecule has 0 unspecified atom stereocenters. The molecule has 0 aliphatic carbocycles. The zero-order valence-corrected chi connectivity index (χ0v) is 12.3. The third kappa shape index (κ3) is 4.31. The molecule has 24 heavy (non-hydrogen) atoms. The number of amides is 1. The highest BCUT2D eigenvalue weighted by molar-refractivity contribution is 5.98. The number of carbonyl (C=O) groups excluding carboxylic acids is 1. The topological polar surface area (TPSA) is 70.5 Å². The van der Waals surface area contributed by atoms with Crippen LogP contribution in [0.2, 0.25) is 0 Å². The molecule has 0 bridgehead atoms. The van der Waals surface area contributed by atoms with E-state index in [9.17, 15) is 22.8 Å². The molecule has 1 heterocycles. The summed E-state index contributed by atoms with van der Waals surface area (Å²) in [5.74, 6) is -3.22. The van der Waals surface area contributed by atoms with Crippen LogP contribution in [0.15, 0.2) is 48.7 Å². The molecule has 0 saturated heterocycles. The molecule has 1 amide bonds. The van der Waals surface area contributed by atoms with Crippen LogP contribution >= 0.6 is 0 Å². The molecule has 0 spiro atoms. The van der Waals surface area contributed by atoms with E-state index in [1.54, 1.807) is 18.2 Å². The summed E-state index contributed by atoms with van der Waals surface area (Å²) < 4.78 is 38.5. The Kier molecular flexibility index (Phi) is 5.18. The van der Waals surface area contributed by atoms with Crippen molar-refractivity contribution in [3.8, 4) is 0 Å². The van der Waals surface area contributed by atoms with Gasteiger partial charge >= 0.3 is 18.1 Å². The molecule has 1 aromatic carbocycles. The van der Waals surface area contributed by atoms with Gasteiger partial charge in [0.2, 0.25) is 0 Å². The molecular weight excluding hydrogens is 325 g/mol. The number of anilines is 1. The molecule has 1 aromatic heterocycles. The fourth-order valence-corrected chi connectivity index (χ4v) is 2.06. The van der Waals surface area contributed by atoms with Gasteiger partial charge in [-0.3, -0.25) is 9.78 Å². The highest BCUT2D eigenvalue weighted by Crippen LogP contribution is 2.24. The Labute approximate surface area is 135 Å². The van der Waals surface area contributed by atoms with Gasteiger partial charge in [0.05, 0.1) is 5.56 Å². The Bertz CT molecular complexity index is 716. The molecule has 126 valence electrons. The van der Waals surface area contributed by atoms with Gasteiger partial charge < -0.3 is 10.0 Å². The van der Waals surface area contributed by atoms with Crippen molar-refractivity contribution in [3.63, 3.8) is 0 Å². The largest absolute Gasteiger partial charge is 0.478 e. The Morgan fingerprint density at radius 1 is 1.08 bits per heavy atom. The Hall–Kier alpha value is -2.90. The number of alkyl halides is 3. The van der Waals surface area contributed by atoms with Crippen molar-refractivity contribution < 1.29 is 27.9 Å². The number of hydrogen-bond donors (Lipinski definition) is 1. The summed E-state index contributed by atoms with van der Waals surface area (Å²) in [7, 11) is 0. The van der Waals surface area contributed by atoms with Crippen LogP contribution in [0, 0.1) is 0 Å². The summed E-state index contributed by atoms with van der Waals surface area (Å²) in [6.07, 6.45) is -3.40. The summed E-state index contributed by atoms with van der Waals surface area (Å²) in [5, 5.41) is 8.84. The fraction of sp³-hybridized carbons (Fsp3) is 0.188. The van der Waals surface area contributed by atoms with E-state index in [1.807, 2.05) is 0 Å². The second-order valence-corrected chi connectivity index (χ2v) is 4.88. The minimum absolute atomic E-state index is 0.0294. The lowest BCUT2D eigenvalue weighted by atomic mass is 10.1. The van der Waals surface area contributed by atoms with Crippen LogP contribution in [0.5, 0.6) is 0 Å². The standard InChI is InChI=1S/C16H13F3N2O3/c17-16(18,19)15(24)21(10-8-12-3-1-2-9-20-12)13-6-4-11(5-7-13)14(22)23/h1-7,9H,8,10H2,(H,22,23). The lowest BCUT2D eigenvalue weighted by Crippen LogP contribution is -2.42. The molecule has 0 radical (unpaired) electrons. The predicted octanol–water partition coefficient (Wildman–Crippen LogP) is 2.92. The third-order valence-corrected chi connectivity index (χ3v) is 3.23. The average molecular weight is 338 g/mol. The lowest BCUT2D eigenvalue weighted by Gasteiger charge is -2.24. The summed E-state index contributed by atoms with van der Waals surface area (Å²) in [6, 6.07) is 9.65. The van der Waals surface area contributed by atoms with E-state index in [-0.39, 0.29) is 24.2 Å². The smallest absolute Gasteiger partial charge is 0.471 e. The highest BCUT2D eigenvalue weighted by Gasteiger charge is 2.42. The van der Waals surface area contributed by atoms with E-state index in [1.165, 1.54) is 18.3 Å². The number of benzene rings is 1. The Morgan fingerprint density at radius 3 is 2.25 bits per heavy atom. The number of carbonyl (C=O) groups is 2. The monoisotopic (exact) mass is 338 g/mol. The van der Waals surface area contributed by atoms with Crippen LogP contribution in [0.25, 0.3) is 0 Å². The number of aromatic carboxylic acids is 1. The normalized spacial score (nSPS) is 11.1. The van der Waals surface area contributed by atoms with Gasteiger partial charge in [0.15, 0.2) is 0 Å². The van der Waals surface area contributed by atoms with Gasteiger partial charge in [-0.15, -0.1) is 0 Å². The zero-order chi connectivity index (χ0) is 17.7. The van der Waals surface area contributed by atoms with Crippen LogP contribution in [0.1, 0.15) is 16.1 Å². The maximum absolute atomic E-state index is 12.8. The van der Waals surface area contributed by atoms with Crippen molar-refractivity contribution in [1.82, 2.24) is 4.98 Å². The first-order valence-corrected chi connectivity index (χ1v) is 6.91. The van der Waals surface area contributed by atoms with Gasteiger partial charge in [-0.05, 0) is 36.4 Å². The van der Waals surface area contributed by atoms with E-state index >= 15 is 0 Å². The molecule has 0 aliphatic heterocycles. The predicted molar refractivity (Wildman–Crippen MR) is 79.8 cm³/mol. The number of nitrogens with zero attached hydrogens (tertiary/aromatic N) is 2. The Balaban J connectivity index is 2.25.